The van der Waals surface area contributed by atoms with Crippen LogP contribution in [0.4, 0.5) is 0 Å². The van der Waals surface area contributed by atoms with Gasteiger partial charge < -0.3 is 5.32 Å². The summed E-state index contributed by atoms with van der Waals surface area (Å²) < 4.78 is 0. The van der Waals surface area contributed by atoms with Crippen molar-refractivity contribution in [1.29, 1.82) is 0 Å². The number of thiazole rings is 1. The van der Waals surface area contributed by atoms with Crippen molar-refractivity contribution < 1.29 is 0 Å². The molecule has 0 spiro atoms. The molecule has 94 valence electrons. The summed E-state index contributed by atoms with van der Waals surface area (Å²) in [5.74, 6) is 0.811. The molecular formula is C15H18N2S. The molecule has 1 fully saturated rings. The molecule has 0 bridgehead atoms. The third kappa shape index (κ3) is 2.79. The number of hydrogen-bond acceptors (Lipinski definition) is 3. The highest BCUT2D eigenvalue weighted by Crippen LogP contribution is 2.41. The average molecular weight is 258 g/mol. The van der Waals surface area contributed by atoms with E-state index in [1.807, 2.05) is 5.51 Å². The van der Waals surface area contributed by atoms with E-state index in [9.17, 15) is 0 Å². The molecule has 1 N–H and O–H groups in total. The Kier molecular flexibility index (Phi) is 3.43. The van der Waals surface area contributed by atoms with Crippen molar-refractivity contribution in [3.63, 3.8) is 0 Å². The van der Waals surface area contributed by atoms with Gasteiger partial charge in [0.1, 0.15) is 0 Å². The van der Waals surface area contributed by atoms with E-state index in [0.717, 1.165) is 18.2 Å². The predicted octanol–water partition coefficient (Wildman–Crippen LogP) is 3.69. The van der Waals surface area contributed by atoms with Crippen LogP contribution in [0.15, 0.2) is 35.2 Å². The lowest BCUT2D eigenvalue weighted by Crippen LogP contribution is -2.22. The molecule has 1 atom stereocenters. The molecule has 0 amide bonds. The maximum Gasteiger partial charge on any atom is 0.0795 e. The quantitative estimate of drug-likeness (QED) is 0.884. The minimum Gasteiger partial charge on any atom is -0.304 e. The van der Waals surface area contributed by atoms with Crippen LogP contribution in [0.5, 0.6) is 0 Å². The van der Waals surface area contributed by atoms with Crippen molar-refractivity contribution in [3.8, 4) is 0 Å². The topological polar surface area (TPSA) is 24.9 Å². The molecule has 18 heavy (non-hydrogen) atoms. The highest BCUT2D eigenvalue weighted by molar-refractivity contribution is 7.07. The molecule has 1 aromatic heterocycles. The Balaban J connectivity index is 1.70. The molecule has 2 aromatic rings. The maximum absolute atomic E-state index is 4.33. The third-order valence-corrected chi connectivity index (χ3v) is 4.15. The molecule has 0 aliphatic heterocycles. The minimum absolute atomic E-state index is 0.493. The zero-order valence-electron chi connectivity index (χ0n) is 10.6. The molecule has 3 rings (SSSR count). The second kappa shape index (κ2) is 5.21. The Bertz CT molecular complexity index is 486. The average Bonchev–Trinajstić information content (AvgIpc) is 3.08. The monoisotopic (exact) mass is 258 g/mol. The molecule has 1 aliphatic rings. The first kappa shape index (κ1) is 11.9. The summed E-state index contributed by atoms with van der Waals surface area (Å²) in [5, 5.41) is 5.78. The standard InChI is InChI=1S/C15H18N2S/c1-11-2-4-12(5-3-11)15(13-6-7-13)16-8-14-9-18-10-17-14/h2-5,9-10,13,15-16H,6-8H2,1H3. The number of hydrogen-bond donors (Lipinski definition) is 1. The SMILES string of the molecule is Cc1ccc(C(NCc2cscn2)C2CC2)cc1. The lowest BCUT2D eigenvalue weighted by Gasteiger charge is -2.18. The van der Waals surface area contributed by atoms with Gasteiger partial charge in [0.25, 0.3) is 0 Å². The number of rotatable bonds is 5. The number of benzene rings is 1. The summed E-state index contributed by atoms with van der Waals surface area (Å²) in [6, 6.07) is 9.41. The van der Waals surface area contributed by atoms with Gasteiger partial charge in [0.15, 0.2) is 0 Å². The van der Waals surface area contributed by atoms with Gasteiger partial charge in [-0.2, -0.15) is 0 Å². The summed E-state index contributed by atoms with van der Waals surface area (Å²) in [4.78, 5) is 4.33. The zero-order chi connectivity index (χ0) is 12.4. The molecule has 1 heterocycles. The van der Waals surface area contributed by atoms with E-state index in [1.165, 1.54) is 24.0 Å². The fourth-order valence-electron chi connectivity index (χ4n) is 2.30. The van der Waals surface area contributed by atoms with Crippen LogP contribution in [-0.2, 0) is 6.54 Å². The molecule has 1 unspecified atom stereocenters. The van der Waals surface area contributed by atoms with E-state index in [4.69, 9.17) is 0 Å². The number of aryl methyl sites for hydroxylation is 1. The lowest BCUT2D eigenvalue weighted by atomic mass is 10.0. The van der Waals surface area contributed by atoms with Crippen LogP contribution < -0.4 is 5.32 Å². The molecular weight excluding hydrogens is 240 g/mol. The van der Waals surface area contributed by atoms with Crippen LogP contribution in [-0.4, -0.2) is 4.98 Å². The van der Waals surface area contributed by atoms with Crippen molar-refractivity contribution in [2.24, 2.45) is 5.92 Å². The summed E-state index contributed by atoms with van der Waals surface area (Å²) in [6.07, 6.45) is 2.70. The van der Waals surface area contributed by atoms with Crippen LogP contribution in [0.3, 0.4) is 0 Å². The van der Waals surface area contributed by atoms with Crippen LogP contribution in [0.25, 0.3) is 0 Å². The highest BCUT2D eigenvalue weighted by Gasteiger charge is 2.31. The molecule has 3 heteroatoms. The van der Waals surface area contributed by atoms with E-state index in [0.29, 0.717) is 6.04 Å². The molecule has 0 saturated heterocycles. The summed E-state index contributed by atoms with van der Waals surface area (Å²) in [7, 11) is 0. The van der Waals surface area contributed by atoms with E-state index in [2.05, 4.69) is 46.9 Å². The first-order valence-electron chi connectivity index (χ1n) is 6.50. The highest BCUT2D eigenvalue weighted by atomic mass is 32.1. The van der Waals surface area contributed by atoms with Gasteiger partial charge in [0.05, 0.1) is 11.2 Å². The van der Waals surface area contributed by atoms with Crippen molar-refractivity contribution >= 4 is 11.3 Å². The lowest BCUT2D eigenvalue weighted by molar-refractivity contribution is 0.477. The summed E-state index contributed by atoms with van der Waals surface area (Å²) >= 11 is 1.66. The van der Waals surface area contributed by atoms with Crippen LogP contribution in [0.2, 0.25) is 0 Å². The third-order valence-electron chi connectivity index (χ3n) is 3.52. The maximum atomic E-state index is 4.33. The van der Waals surface area contributed by atoms with Gasteiger partial charge >= 0.3 is 0 Å². The van der Waals surface area contributed by atoms with Gasteiger partial charge in [0, 0.05) is 18.0 Å². The van der Waals surface area contributed by atoms with E-state index in [1.54, 1.807) is 11.3 Å². The molecule has 1 saturated carbocycles. The Morgan fingerprint density at radius 3 is 2.72 bits per heavy atom. The van der Waals surface area contributed by atoms with Crippen LogP contribution >= 0.6 is 11.3 Å². The molecule has 1 aromatic carbocycles. The van der Waals surface area contributed by atoms with Crippen molar-refractivity contribution in [2.75, 3.05) is 0 Å². The van der Waals surface area contributed by atoms with Gasteiger partial charge in [-0.1, -0.05) is 29.8 Å². The van der Waals surface area contributed by atoms with Gasteiger partial charge in [-0.25, -0.2) is 4.98 Å². The van der Waals surface area contributed by atoms with E-state index < -0.39 is 0 Å². The van der Waals surface area contributed by atoms with Gasteiger partial charge in [-0.15, -0.1) is 11.3 Å². The Morgan fingerprint density at radius 1 is 1.33 bits per heavy atom. The Labute approximate surface area is 112 Å². The second-order valence-corrected chi connectivity index (χ2v) is 5.81. The normalized spacial score (nSPS) is 16.7. The van der Waals surface area contributed by atoms with Crippen molar-refractivity contribution in [3.05, 3.63) is 52.0 Å². The Hall–Kier alpha value is -1.19. The predicted molar refractivity (Wildman–Crippen MR) is 75.6 cm³/mol. The molecule has 2 nitrogen and oxygen atoms in total. The first-order valence-corrected chi connectivity index (χ1v) is 7.44. The fraction of sp³-hybridized carbons (Fsp3) is 0.400. The first-order chi connectivity index (χ1) is 8.83. The number of nitrogens with one attached hydrogen (secondary N) is 1. The van der Waals surface area contributed by atoms with Crippen LogP contribution in [0.1, 0.15) is 35.7 Å². The Morgan fingerprint density at radius 2 is 2.11 bits per heavy atom. The van der Waals surface area contributed by atoms with Crippen LogP contribution in [0, 0.1) is 12.8 Å². The fourth-order valence-corrected chi connectivity index (χ4v) is 2.86. The molecule has 1 aliphatic carbocycles. The minimum atomic E-state index is 0.493. The van der Waals surface area contributed by atoms with Crippen molar-refractivity contribution in [1.82, 2.24) is 10.3 Å². The zero-order valence-corrected chi connectivity index (χ0v) is 11.4. The number of aromatic nitrogens is 1. The van der Waals surface area contributed by atoms with E-state index >= 15 is 0 Å². The van der Waals surface area contributed by atoms with E-state index in [-0.39, 0.29) is 0 Å². The van der Waals surface area contributed by atoms with Crippen molar-refractivity contribution in [2.45, 2.75) is 32.4 Å². The molecule has 0 radical (unpaired) electrons. The van der Waals surface area contributed by atoms with Gasteiger partial charge in [-0.05, 0) is 31.2 Å². The summed E-state index contributed by atoms with van der Waals surface area (Å²) in [5.41, 5.74) is 5.79. The summed E-state index contributed by atoms with van der Waals surface area (Å²) in [6.45, 7) is 3.01. The second-order valence-electron chi connectivity index (χ2n) is 5.09. The van der Waals surface area contributed by atoms with Gasteiger partial charge in [-0.3, -0.25) is 0 Å². The number of nitrogens with zero attached hydrogens (tertiary/aromatic N) is 1. The van der Waals surface area contributed by atoms with Gasteiger partial charge in [0.2, 0.25) is 0 Å². The smallest absolute Gasteiger partial charge is 0.0795 e. The largest absolute Gasteiger partial charge is 0.304 e.